The molecule has 0 spiro atoms. The molecule has 3 rings (SSSR count). The van der Waals surface area contributed by atoms with Crippen LogP contribution in [0.5, 0.6) is 0 Å². The van der Waals surface area contributed by atoms with E-state index in [-0.39, 0.29) is 18.4 Å². The van der Waals surface area contributed by atoms with Gasteiger partial charge in [0.25, 0.3) is 5.91 Å². The molecule has 1 unspecified atom stereocenters. The van der Waals surface area contributed by atoms with Crippen LogP contribution < -0.4 is 5.32 Å². The van der Waals surface area contributed by atoms with Crippen LogP contribution in [0.1, 0.15) is 35.2 Å². The Morgan fingerprint density at radius 3 is 2.54 bits per heavy atom. The van der Waals surface area contributed by atoms with Crippen molar-refractivity contribution in [3.63, 3.8) is 0 Å². The van der Waals surface area contributed by atoms with Crippen LogP contribution >= 0.6 is 23.2 Å². The molecule has 1 N–H and O–H groups in total. The molecule has 1 heterocycles. The maximum absolute atomic E-state index is 13.2. The predicted molar refractivity (Wildman–Crippen MR) is 103 cm³/mol. The van der Waals surface area contributed by atoms with Gasteiger partial charge in [0, 0.05) is 28.7 Å². The summed E-state index contributed by atoms with van der Waals surface area (Å²) in [4.78, 5) is 27.4. The predicted octanol–water partition coefficient (Wildman–Crippen LogP) is 4.30. The van der Waals surface area contributed by atoms with Gasteiger partial charge in [-0.1, -0.05) is 41.4 Å². The topological polar surface area (TPSA) is 49.4 Å². The fraction of sp³-hybridized carbons (Fsp3) is 0.300. The lowest BCUT2D eigenvalue weighted by atomic mass is 10.1. The van der Waals surface area contributed by atoms with E-state index < -0.39 is 6.04 Å². The minimum absolute atomic E-state index is 0.114. The van der Waals surface area contributed by atoms with E-state index in [1.165, 1.54) is 0 Å². The van der Waals surface area contributed by atoms with Crippen molar-refractivity contribution in [2.75, 3.05) is 6.54 Å². The van der Waals surface area contributed by atoms with Crippen molar-refractivity contribution in [1.29, 1.82) is 0 Å². The summed E-state index contributed by atoms with van der Waals surface area (Å²) in [7, 11) is 0. The van der Waals surface area contributed by atoms with E-state index in [1.807, 2.05) is 18.2 Å². The van der Waals surface area contributed by atoms with Gasteiger partial charge < -0.3 is 10.2 Å². The Labute approximate surface area is 163 Å². The Balaban J connectivity index is 1.94. The zero-order chi connectivity index (χ0) is 18.5. The fourth-order valence-electron chi connectivity index (χ4n) is 3.11. The van der Waals surface area contributed by atoms with Crippen molar-refractivity contribution in [3.8, 4) is 0 Å². The Morgan fingerprint density at radius 2 is 1.81 bits per heavy atom. The summed E-state index contributed by atoms with van der Waals surface area (Å²) in [6, 6.07) is 13.6. The molecule has 0 saturated carbocycles. The Bertz CT molecular complexity index is 793. The number of carbonyl (C=O) groups is 2. The van der Waals surface area contributed by atoms with Gasteiger partial charge in [-0.2, -0.15) is 0 Å². The Kier molecular flexibility index (Phi) is 6.17. The summed E-state index contributed by atoms with van der Waals surface area (Å²) < 4.78 is 0. The number of nitrogens with one attached hydrogen (secondary N) is 1. The largest absolute Gasteiger partial charge is 0.354 e. The zero-order valence-corrected chi connectivity index (χ0v) is 15.8. The number of hydrogen-bond donors (Lipinski definition) is 1. The third kappa shape index (κ3) is 4.37. The molecule has 0 aliphatic carbocycles. The van der Waals surface area contributed by atoms with Gasteiger partial charge in [-0.05, 0) is 55.2 Å². The molecule has 1 saturated heterocycles. The van der Waals surface area contributed by atoms with Crippen molar-refractivity contribution in [1.82, 2.24) is 10.2 Å². The van der Waals surface area contributed by atoms with Crippen LogP contribution in [0, 0.1) is 0 Å². The fourth-order valence-corrected chi connectivity index (χ4v) is 3.43. The molecule has 26 heavy (non-hydrogen) atoms. The lowest BCUT2D eigenvalue weighted by Crippen LogP contribution is -2.48. The number of amides is 2. The average Bonchev–Trinajstić information content (AvgIpc) is 2.86. The van der Waals surface area contributed by atoms with E-state index >= 15 is 0 Å². The van der Waals surface area contributed by atoms with Crippen molar-refractivity contribution < 1.29 is 9.59 Å². The molecule has 136 valence electrons. The van der Waals surface area contributed by atoms with Gasteiger partial charge in [-0.3, -0.25) is 9.59 Å². The van der Waals surface area contributed by atoms with Crippen LogP contribution in [0.15, 0.2) is 48.5 Å². The van der Waals surface area contributed by atoms with Crippen LogP contribution in [-0.4, -0.2) is 29.3 Å². The maximum atomic E-state index is 13.2. The summed E-state index contributed by atoms with van der Waals surface area (Å²) in [6.45, 7) is 0.920. The summed E-state index contributed by atoms with van der Waals surface area (Å²) in [5.41, 5.74) is 1.31. The molecule has 0 radical (unpaired) electrons. The van der Waals surface area contributed by atoms with Crippen LogP contribution in [0.2, 0.25) is 10.0 Å². The first-order valence-corrected chi connectivity index (χ1v) is 9.39. The molecule has 2 aromatic carbocycles. The van der Waals surface area contributed by atoms with Crippen molar-refractivity contribution in [3.05, 3.63) is 69.7 Å². The molecule has 1 aliphatic rings. The second-order valence-electron chi connectivity index (χ2n) is 6.33. The normalized spacial score (nSPS) is 17.3. The van der Waals surface area contributed by atoms with Crippen molar-refractivity contribution in [2.24, 2.45) is 0 Å². The molecule has 6 heteroatoms. The Morgan fingerprint density at radius 1 is 1.08 bits per heavy atom. The zero-order valence-electron chi connectivity index (χ0n) is 14.3. The van der Waals surface area contributed by atoms with E-state index in [4.69, 9.17) is 23.2 Å². The maximum Gasteiger partial charge on any atom is 0.254 e. The highest BCUT2D eigenvalue weighted by Gasteiger charge is 2.31. The van der Waals surface area contributed by atoms with Gasteiger partial charge in [0.2, 0.25) is 5.91 Å². The van der Waals surface area contributed by atoms with Gasteiger partial charge in [0.1, 0.15) is 6.04 Å². The highest BCUT2D eigenvalue weighted by atomic mass is 35.5. The van der Waals surface area contributed by atoms with Crippen LogP contribution in [0.25, 0.3) is 0 Å². The monoisotopic (exact) mass is 390 g/mol. The minimum Gasteiger partial charge on any atom is -0.354 e. The number of benzene rings is 2. The first-order valence-electron chi connectivity index (χ1n) is 8.64. The highest BCUT2D eigenvalue weighted by Crippen LogP contribution is 2.23. The summed E-state index contributed by atoms with van der Waals surface area (Å²) >= 11 is 12.2. The third-order valence-corrected chi connectivity index (χ3v) is 5.15. The van der Waals surface area contributed by atoms with Crippen LogP contribution in [-0.2, 0) is 11.3 Å². The molecule has 0 aromatic heterocycles. The lowest BCUT2D eigenvalue weighted by molar-refractivity contribution is -0.125. The number of rotatable bonds is 4. The van der Waals surface area contributed by atoms with Crippen molar-refractivity contribution >= 4 is 35.0 Å². The SMILES string of the molecule is O=C1NCCCCC1N(Cc1ccccc1Cl)C(=O)c1ccc(Cl)cc1. The molecule has 1 atom stereocenters. The molecular weight excluding hydrogens is 371 g/mol. The summed E-state index contributed by atoms with van der Waals surface area (Å²) in [5, 5.41) is 4.04. The molecule has 2 aromatic rings. The number of halogens is 2. The number of carbonyl (C=O) groups excluding carboxylic acids is 2. The van der Waals surface area contributed by atoms with Gasteiger partial charge in [0.15, 0.2) is 0 Å². The van der Waals surface area contributed by atoms with E-state index in [1.54, 1.807) is 35.2 Å². The molecular formula is C20H20Cl2N2O2. The standard InChI is InChI=1S/C20H20Cl2N2O2/c21-16-10-8-14(9-11-16)20(26)24(13-15-5-1-2-6-17(15)22)18-7-3-4-12-23-19(18)25/h1-2,5-6,8-11,18H,3-4,7,12-13H2,(H,23,25). The van der Waals surface area contributed by atoms with Crippen LogP contribution in [0.3, 0.4) is 0 Å². The van der Waals surface area contributed by atoms with Gasteiger partial charge in [-0.15, -0.1) is 0 Å². The smallest absolute Gasteiger partial charge is 0.254 e. The summed E-state index contributed by atoms with van der Waals surface area (Å²) in [5.74, 6) is -0.319. The van der Waals surface area contributed by atoms with Crippen molar-refractivity contribution in [2.45, 2.75) is 31.8 Å². The molecule has 0 bridgehead atoms. The highest BCUT2D eigenvalue weighted by molar-refractivity contribution is 6.31. The number of hydrogen-bond acceptors (Lipinski definition) is 2. The van der Waals surface area contributed by atoms with E-state index in [2.05, 4.69) is 5.32 Å². The van der Waals surface area contributed by atoms with Gasteiger partial charge >= 0.3 is 0 Å². The Hall–Kier alpha value is -2.04. The molecule has 2 amide bonds. The molecule has 1 aliphatic heterocycles. The average molecular weight is 391 g/mol. The van der Waals surface area contributed by atoms with Crippen LogP contribution in [0.4, 0.5) is 0 Å². The van der Waals surface area contributed by atoms with E-state index in [0.717, 1.165) is 18.4 Å². The molecule has 1 fully saturated rings. The second-order valence-corrected chi connectivity index (χ2v) is 7.18. The summed E-state index contributed by atoms with van der Waals surface area (Å²) in [6.07, 6.45) is 2.43. The van der Waals surface area contributed by atoms with E-state index in [9.17, 15) is 9.59 Å². The van der Waals surface area contributed by atoms with Gasteiger partial charge in [-0.25, -0.2) is 0 Å². The number of nitrogens with zero attached hydrogens (tertiary/aromatic N) is 1. The van der Waals surface area contributed by atoms with E-state index in [0.29, 0.717) is 28.6 Å². The quantitative estimate of drug-likeness (QED) is 0.845. The third-order valence-electron chi connectivity index (χ3n) is 4.53. The van der Waals surface area contributed by atoms with Gasteiger partial charge in [0.05, 0.1) is 0 Å². The first-order chi connectivity index (χ1) is 12.6. The first kappa shape index (κ1) is 18.7. The second kappa shape index (κ2) is 8.56. The lowest BCUT2D eigenvalue weighted by Gasteiger charge is -2.30. The molecule has 4 nitrogen and oxygen atoms in total. The minimum atomic E-state index is -0.517.